The predicted molar refractivity (Wildman–Crippen MR) is 109 cm³/mol. The summed E-state index contributed by atoms with van der Waals surface area (Å²) in [4.78, 5) is 27.3. The smallest absolute Gasteiger partial charge is 0.364 e. The molecule has 0 bridgehead atoms. The molecule has 13 heteroatoms. The number of nitrogens with zero attached hydrogens (tertiary/aromatic N) is 4. The molecule has 0 atom stereocenters. The van der Waals surface area contributed by atoms with E-state index in [4.69, 9.17) is 5.73 Å². The van der Waals surface area contributed by atoms with E-state index >= 15 is 0 Å². The number of hydrogen-bond acceptors (Lipinski definition) is 6. The van der Waals surface area contributed by atoms with Gasteiger partial charge in [0.15, 0.2) is 5.65 Å². The van der Waals surface area contributed by atoms with Crippen LogP contribution in [0.4, 0.5) is 37.8 Å². The van der Waals surface area contributed by atoms with Crippen LogP contribution >= 0.6 is 0 Å². The number of primary amides is 1. The fourth-order valence-electron chi connectivity index (χ4n) is 3.08. The number of anilines is 2. The number of rotatable bonds is 4. The van der Waals surface area contributed by atoms with Gasteiger partial charge in [0.2, 0.25) is 0 Å². The van der Waals surface area contributed by atoms with Gasteiger partial charge in [-0.1, -0.05) is 0 Å². The second-order valence-electron chi connectivity index (χ2n) is 6.94. The van der Waals surface area contributed by atoms with Crippen molar-refractivity contribution in [2.45, 2.75) is 12.4 Å². The molecule has 174 valence electrons. The topological polar surface area (TPSA) is 107 Å². The van der Waals surface area contributed by atoms with E-state index in [-0.39, 0.29) is 33.9 Å². The molecule has 0 spiro atoms. The Morgan fingerprint density at radius 1 is 0.912 bits per heavy atom. The van der Waals surface area contributed by atoms with Crippen molar-refractivity contribution in [2.24, 2.45) is 5.73 Å². The first kappa shape index (κ1) is 22.9. The minimum atomic E-state index is -4.69. The summed E-state index contributed by atoms with van der Waals surface area (Å²) in [6, 6.07) is 7.76. The van der Waals surface area contributed by atoms with E-state index in [1.54, 1.807) is 0 Å². The molecule has 7 nitrogen and oxygen atoms in total. The first-order valence-electron chi connectivity index (χ1n) is 9.38. The zero-order valence-corrected chi connectivity index (χ0v) is 16.7. The van der Waals surface area contributed by atoms with Crippen LogP contribution in [-0.4, -0.2) is 25.8 Å². The van der Waals surface area contributed by atoms with Gasteiger partial charge in [0.05, 0.1) is 22.5 Å². The number of carbonyl (C=O) groups excluding carboxylic acids is 1. The maximum absolute atomic E-state index is 13.4. The van der Waals surface area contributed by atoms with Gasteiger partial charge in [0.25, 0.3) is 5.91 Å². The maximum Gasteiger partial charge on any atom is 0.418 e. The van der Waals surface area contributed by atoms with E-state index in [0.29, 0.717) is 6.20 Å². The number of pyridine rings is 4. The van der Waals surface area contributed by atoms with Crippen LogP contribution in [-0.2, 0) is 12.4 Å². The molecule has 1 amide bonds. The minimum Gasteiger partial charge on any atom is -0.364 e. The Hall–Kier alpha value is -4.29. The summed E-state index contributed by atoms with van der Waals surface area (Å²) in [5, 5.41) is 3.00. The average Bonchev–Trinajstić information content (AvgIpc) is 2.77. The van der Waals surface area contributed by atoms with E-state index in [1.165, 1.54) is 24.4 Å². The highest BCUT2D eigenvalue weighted by molar-refractivity contribution is 5.99. The molecule has 0 aliphatic carbocycles. The van der Waals surface area contributed by atoms with Gasteiger partial charge in [-0.25, -0.2) is 15.0 Å². The number of aromatic nitrogens is 4. The second-order valence-corrected chi connectivity index (χ2v) is 6.94. The number of carbonyl (C=O) groups is 1. The summed E-state index contributed by atoms with van der Waals surface area (Å²) >= 11 is 0. The zero-order valence-electron chi connectivity index (χ0n) is 16.7. The zero-order chi connectivity index (χ0) is 24.7. The molecule has 4 rings (SSSR count). The van der Waals surface area contributed by atoms with Gasteiger partial charge in [-0.3, -0.25) is 9.78 Å². The van der Waals surface area contributed by atoms with Crippen molar-refractivity contribution in [3.8, 4) is 11.4 Å². The molecule has 0 fully saturated rings. The molecule has 34 heavy (non-hydrogen) atoms. The highest BCUT2D eigenvalue weighted by atomic mass is 19.4. The molecule has 0 saturated carbocycles. The number of nitrogens with two attached hydrogens (primary N) is 1. The summed E-state index contributed by atoms with van der Waals surface area (Å²) < 4.78 is 78.5. The van der Waals surface area contributed by atoms with Gasteiger partial charge < -0.3 is 11.1 Å². The minimum absolute atomic E-state index is 0.00378. The number of fused-ring (bicyclic) bond motifs is 1. The molecule has 3 N–H and O–H groups in total. The fraction of sp³-hybridized carbons (Fsp3) is 0.0952. The molecular formula is C21H12F6N6O. The van der Waals surface area contributed by atoms with Crippen molar-refractivity contribution in [3.63, 3.8) is 0 Å². The van der Waals surface area contributed by atoms with Crippen molar-refractivity contribution >= 4 is 28.4 Å². The van der Waals surface area contributed by atoms with Crippen LogP contribution < -0.4 is 11.1 Å². The molecule has 4 aromatic heterocycles. The highest BCUT2D eigenvalue weighted by Gasteiger charge is 2.35. The summed E-state index contributed by atoms with van der Waals surface area (Å²) in [7, 11) is 0. The van der Waals surface area contributed by atoms with Crippen molar-refractivity contribution in [2.75, 3.05) is 5.32 Å². The molecule has 0 aliphatic rings. The van der Waals surface area contributed by atoms with E-state index in [0.717, 1.165) is 24.3 Å². The Balaban J connectivity index is 1.81. The Bertz CT molecular complexity index is 1390. The van der Waals surface area contributed by atoms with Crippen LogP contribution in [0.2, 0.25) is 0 Å². The van der Waals surface area contributed by atoms with Crippen LogP contribution in [0, 0.1) is 0 Å². The lowest BCUT2D eigenvalue weighted by Crippen LogP contribution is -2.14. The molecule has 0 unspecified atom stereocenters. The number of amides is 1. The number of hydrogen-bond donors (Lipinski definition) is 2. The lowest BCUT2D eigenvalue weighted by atomic mass is 10.1. The molecular weight excluding hydrogens is 466 g/mol. The van der Waals surface area contributed by atoms with Crippen LogP contribution in [0.3, 0.4) is 0 Å². The number of alkyl halides is 6. The van der Waals surface area contributed by atoms with Crippen LogP contribution in [0.15, 0.2) is 54.9 Å². The normalized spacial score (nSPS) is 12.1. The van der Waals surface area contributed by atoms with Gasteiger partial charge in [-0.15, -0.1) is 0 Å². The summed E-state index contributed by atoms with van der Waals surface area (Å²) in [5.74, 6) is -0.949. The Kier molecular flexibility index (Phi) is 5.55. The number of halogens is 6. The highest BCUT2D eigenvalue weighted by Crippen LogP contribution is 2.36. The lowest BCUT2D eigenvalue weighted by Gasteiger charge is -2.13. The van der Waals surface area contributed by atoms with Crippen LogP contribution in [0.5, 0.6) is 0 Å². The number of nitrogens with one attached hydrogen (secondary N) is 1. The molecule has 0 aliphatic heterocycles. The molecule has 0 radical (unpaired) electrons. The van der Waals surface area contributed by atoms with Gasteiger partial charge >= 0.3 is 12.4 Å². The third-order valence-corrected chi connectivity index (χ3v) is 4.63. The van der Waals surface area contributed by atoms with E-state index in [9.17, 15) is 31.1 Å². The van der Waals surface area contributed by atoms with Crippen molar-refractivity contribution in [3.05, 3.63) is 71.7 Å². The van der Waals surface area contributed by atoms with Crippen molar-refractivity contribution in [1.29, 1.82) is 0 Å². The van der Waals surface area contributed by atoms with Gasteiger partial charge in [-0.05, 0) is 42.5 Å². The quantitative estimate of drug-likeness (QED) is 0.402. The van der Waals surface area contributed by atoms with Gasteiger partial charge in [-0.2, -0.15) is 26.3 Å². The Labute approximate surface area is 186 Å². The van der Waals surface area contributed by atoms with E-state index < -0.39 is 35.1 Å². The standard InChI is InChI=1S/C21H12F6N6O/c22-20(23,24)10-3-6-16(30-9-10)31-14-8-15(18(28)34)33-19-11(14)4-5-13(32-19)17-12(21(25,26)27)2-1-7-29-17/h1-9H,(H2,28,34)(H,30,31,32,33). The van der Waals surface area contributed by atoms with Crippen molar-refractivity contribution in [1.82, 2.24) is 19.9 Å². The Morgan fingerprint density at radius 2 is 1.68 bits per heavy atom. The summed E-state index contributed by atoms with van der Waals surface area (Å²) in [6.45, 7) is 0. The Morgan fingerprint density at radius 3 is 2.29 bits per heavy atom. The van der Waals surface area contributed by atoms with Gasteiger partial charge in [0.1, 0.15) is 17.2 Å². The maximum atomic E-state index is 13.4. The van der Waals surface area contributed by atoms with E-state index in [1.807, 2.05) is 0 Å². The van der Waals surface area contributed by atoms with Gasteiger partial charge in [0, 0.05) is 17.8 Å². The van der Waals surface area contributed by atoms with E-state index in [2.05, 4.69) is 25.3 Å². The molecule has 0 saturated heterocycles. The second kappa shape index (κ2) is 8.24. The third kappa shape index (κ3) is 4.58. The molecule has 4 aromatic rings. The molecule has 4 heterocycles. The largest absolute Gasteiger partial charge is 0.418 e. The van der Waals surface area contributed by atoms with Crippen LogP contribution in [0.1, 0.15) is 21.6 Å². The average molecular weight is 478 g/mol. The fourth-order valence-corrected chi connectivity index (χ4v) is 3.08. The monoisotopic (exact) mass is 478 g/mol. The molecule has 0 aromatic carbocycles. The predicted octanol–water partition coefficient (Wildman–Crippen LogP) is 4.97. The third-order valence-electron chi connectivity index (χ3n) is 4.63. The summed E-state index contributed by atoms with van der Waals surface area (Å²) in [5.41, 5.74) is 2.47. The first-order valence-corrected chi connectivity index (χ1v) is 9.38. The summed E-state index contributed by atoms with van der Waals surface area (Å²) in [6.07, 6.45) is -7.47. The van der Waals surface area contributed by atoms with Crippen molar-refractivity contribution < 1.29 is 31.1 Å². The first-order chi connectivity index (χ1) is 15.9. The SMILES string of the molecule is NC(=O)c1cc(Nc2ccc(C(F)(F)F)cn2)c2ccc(-c3ncccc3C(F)(F)F)nc2n1. The lowest BCUT2D eigenvalue weighted by molar-refractivity contribution is -0.138. The van der Waals surface area contributed by atoms with Crippen LogP contribution in [0.25, 0.3) is 22.4 Å².